The van der Waals surface area contributed by atoms with E-state index in [-0.39, 0.29) is 29.6 Å². The number of hydrogen-bond acceptors (Lipinski definition) is 4. The number of amides is 3. The van der Waals surface area contributed by atoms with Crippen molar-refractivity contribution in [3.63, 3.8) is 0 Å². The summed E-state index contributed by atoms with van der Waals surface area (Å²) in [6, 6.07) is 13.8. The molecule has 0 radical (unpaired) electrons. The molecule has 1 aliphatic heterocycles. The van der Waals surface area contributed by atoms with Gasteiger partial charge in [-0.2, -0.15) is 0 Å². The number of nitrogens with one attached hydrogen (secondary N) is 1. The second kappa shape index (κ2) is 6.72. The van der Waals surface area contributed by atoms with Gasteiger partial charge >= 0.3 is 0 Å². The molecule has 0 aromatic heterocycles. The van der Waals surface area contributed by atoms with Crippen molar-refractivity contribution in [3.8, 4) is 5.75 Å². The molecule has 2 bridgehead atoms. The van der Waals surface area contributed by atoms with Crippen LogP contribution in [0.1, 0.15) is 29.6 Å². The maximum absolute atomic E-state index is 12.9. The SMILES string of the molecule is COc1cccc(NC(=O)c2ccc(N3C(=O)[C@@H]4[C@H]5CC[C@@H](C5)[C@@H]4C3=O)cc2)c1. The Balaban J connectivity index is 1.33. The number of nitrogens with zero attached hydrogens (tertiary/aromatic N) is 1. The van der Waals surface area contributed by atoms with Crippen LogP contribution in [0.5, 0.6) is 5.75 Å². The summed E-state index contributed by atoms with van der Waals surface area (Å²) in [6.07, 6.45) is 3.13. The molecule has 4 atom stereocenters. The van der Waals surface area contributed by atoms with Gasteiger partial charge < -0.3 is 10.1 Å². The molecule has 3 amide bonds. The molecule has 2 aromatic rings. The lowest BCUT2D eigenvalue weighted by atomic mass is 9.81. The van der Waals surface area contributed by atoms with Gasteiger partial charge in [0.05, 0.1) is 24.6 Å². The van der Waals surface area contributed by atoms with Gasteiger partial charge in [0.2, 0.25) is 11.8 Å². The van der Waals surface area contributed by atoms with Gasteiger partial charge in [0, 0.05) is 17.3 Å². The van der Waals surface area contributed by atoms with Gasteiger partial charge in [-0.25, -0.2) is 0 Å². The molecule has 3 fully saturated rings. The Labute approximate surface area is 168 Å². The molecule has 3 aliphatic rings. The first-order valence-electron chi connectivity index (χ1n) is 10.00. The lowest BCUT2D eigenvalue weighted by molar-refractivity contribution is -0.123. The number of rotatable bonds is 4. The van der Waals surface area contributed by atoms with Crippen LogP contribution < -0.4 is 15.0 Å². The van der Waals surface area contributed by atoms with Crippen LogP contribution in [0.4, 0.5) is 11.4 Å². The van der Waals surface area contributed by atoms with Gasteiger partial charge in [0.1, 0.15) is 5.75 Å². The van der Waals surface area contributed by atoms with E-state index in [1.165, 1.54) is 4.90 Å². The number of fused-ring (bicyclic) bond motifs is 5. The lowest BCUT2D eigenvalue weighted by Crippen LogP contribution is -2.32. The molecule has 6 nitrogen and oxygen atoms in total. The van der Waals surface area contributed by atoms with Crippen LogP contribution in [0, 0.1) is 23.7 Å². The topological polar surface area (TPSA) is 75.7 Å². The number of imide groups is 1. The molecule has 0 unspecified atom stereocenters. The molecule has 148 valence electrons. The summed E-state index contributed by atoms with van der Waals surface area (Å²) in [4.78, 5) is 39.7. The Bertz CT molecular complexity index is 972. The Morgan fingerprint density at radius 2 is 1.66 bits per heavy atom. The van der Waals surface area contributed by atoms with Crippen molar-refractivity contribution in [3.05, 3.63) is 54.1 Å². The van der Waals surface area contributed by atoms with Crippen LogP contribution in [0.25, 0.3) is 0 Å². The molecule has 1 saturated heterocycles. The highest BCUT2D eigenvalue weighted by Gasteiger charge is 2.61. The van der Waals surface area contributed by atoms with Crippen molar-refractivity contribution in [2.45, 2.75) is 19.3 Å². The van der Waals surface area contributed by atoms with E-state index >= 15 is 0 Å². The van der Waals surface area contributed by atoms with Gasteiger partial charge in [-0.3, -0.25) is 19.3 Å². The van der Waals surface area contributed by atoms with Gasteiger partial charge in [-0.15, -0.1) is 0 Å². The van der Waals surface area contributed by atoms with E-state index < -0.39 is 0 Å². The van der Waals surface area contributed by atoms with E-state index in [2.05, 4.69) is 5.32 Å². The minimum Gasteiger partial charge on any atom is -0.497 e. The number of anilines is 2. The second-order valence-electron chi connectivity index (χ2n) is 8.13. The molecule has 1 N–H and O–H groups in total. The second-order valence-corrected chi connectivity index (χ2v) is 8.13. The Hall–Kier alpha value is -3.15. The first-order valence-corrected chi connectivity index (χ1v) is 10.00. The zero-order chi connectivity index (χ0) is 20.1. The molecule has 0 spiro atoms. The lowest BCUT2D eigenvalue weighted by Gasteiger charge is -2.19. The minimum absolute atomic E-state index is 0.0687. The zero-order valence-corrected chi connectivity index (χ0v) is 16.1. The summed E-state index contributed by atoms with van der Waals surface area (Å²) < 4.78 is 5.17. The third-order valence-corrected chi connectivity index (χ3v) is 6.64. The standard InChI is InChI=1S/C23H22N2O4/c1-29-18-4-2-3-16(12-18)24-21(26)13-7-9-17(10-8-13)25-22(27)19-14-5-6-15(11-14)20(19)23(25)28/h2-4,7-10,12,14-15,19-20H,5-6,11H2,1H3,(H,24,26)/t14-,15-,19-,20+/m0/s1. The van der Waals surface area contributed by atoms with E-state index in [0.29, 0.717) is 34.5 Å². The van der Waals surface area contributed by atoms with Crippen molar-refractivity contribution < 1.29 is 19.1 Å². The molecule has 2 saturated carbocycles. The van der Waals surface area contributed by atoms with Crippen LogP contribution in [0.2, 0.25) is 0 Å². The fraction of sp³-hybridized carbons (Fsp3) is 0.348. The highest BCUT2D eigenvalue weighted by molar-refractivity contribution is 6.22. The van der Waals surface area contributed by atoms with Crippen LogP contribution in [-0.4, -0.2) is 24.8 Å². The molecule has 2 aliphatic carbocycles. The van der Waals surface area contributed by atoms with E-state index in [4.69, 9.17) is 4.74 Å². The maximum Gasteiger partial charge on any atom is 0.255 e. The van der Waals surface area contributed by atoms with Crippen LogP contribution in [-0.2, 0) is 9.59 Å². The Morgan fingerprint density at radius 3 is 2.28 bits per heavy atom. The number of benzene rings is 2. The summed E-state index contributed by atoms with van der Waals surface area (Å²) in [7, 11) is 1.57. The normalized spacial score (nSPS) is 27.3. The van der Waals surface area contributed by atoms with E-state index in [0.717, 1.165) is 19.3 Å². The number of carbonyl (C=O) groups excluding carboxylic acids is 3. The first kappa shape index (κ1) is 17.9. The Morgan fingerprint density at radius 1 is 1.00 bits per heavy atom. The number of hydrogen-bond donors (Lipinski definition) is 1. The summed E-state index contributed by atoms with van der Waals surface area (Å²) in [6.45, 7) is 0. The van der Waals surface area contributed by atoms with E-state index in [9.17, 15) is 14.4 Å². The number of carbonyl (C=O) groups is 3. The molecule has 1 heterocycles. The fourth-order valence-corrected chi connectivity index (χ4v) is 5.33. The molecule has 2 aromatic carbocycles. The summed E-state index contributed by atoms with van der Waals surface area (Å²) in [5, 5.41) is 2.83. The van der Waals surface area contributed by atoms with Crippen LogP contribution in [0.3, 0.4) is 0 Å². The van der Waals surface area contributed by atoms with E-state index in [1.54, 1.807) is 55.6 Å². The van der Waals surface area contributed by atoms with Gasteiger partial charge in [-0.05, 0) is 67.5 Å². The summed E-state index contributed by atoms with van der Waals surface area (Å²) >= 11 is 0. The largest absolute Gasteiger partial charge is 0.497 e. The molecular formula is C23H22N2O4. The number of methoxy groups -OCH3 is 1. The zero-order valence-electron chi connectivity index (χ0n) is 16.1. The monoisotopic (exact) mass is 390 g/mol. The maximum atomic E-state index is 12.9. The highest BCUT2D eigenvalue weighted by Crippen LogP contribution is 2.56. The van der Waals surface area contributed by atoms with Crippen LogP contribution >= 0.6 is 0 Å². The predicted octanol–water partition coefficient (Wildman–Crippen LogP) is 3.48. The van der Waals surface area contributed by atoms with Crippen molar-refractivity contribution in [2.24, 2.45) is 23.7 Å². The summed E-state index contributed by atoms with van der Waals surface area (Å²) in [5.74, 6) is 0.692. The average Bonchev–Trinajstić information content (AvgIpc) is 3.42. The number of ether oxygens (including phenoxy) is 1. The average molecular weight is 390 g/mol. The molecular weight excluding hydrogens is 368 g/mol. The third-order valence-electron chi connectivity index (χ3n) is 6.64. The fourth-order valence-electron chi connectivity index (χ4n) is 5.33. The third kappa shape index (κ3) is 2.82. The van der Waals surface area contributed by atoms with Gasteiger partial charge in [0.15, 0.2) is 0 Å². The molecule has 29 heavy (non-hydrogen) atoms. The van der Waals surface area contributed by atoms with Crippen molar-refractivity contribution in [1.82, 2.24) is 0 Å². The quantitative estimate of drug-likeness (QED) is 0.811. The smallest absolute Gasteiger partial charge is 0.255 e. The van der Waals surface area contributed by atoms with Crippen molar-refractivity contribution in [1.29, 1.82) is 0 Å². The molecule has 6 heteroatoms. The summed E-state index contributed by atoms with van der Waals surface area (Å²) in [5.41, 5.74) is 1.63. The predicted molar refractivity (Wildman–Crippen MR) is 108 cm³/mol. The van der Waals surface area contributed by atoms with Crippen molar-refractivity contribution in [2.75, 3.05) is 17.3 Å². The molecule has 5 rings (SSSR count). The van der Waals surface area contributed by atoms with Crippen LogP contribution in [0.15, 0.2) is 48.5 Å². The van der Waals surface area contributed by atoms with E-state index in [1.807, 2.05) is 0 Å². The van der Waals surface area contributed by atoms with Gasteiger partial charge in [0.25, 0.3) is 5.91 Å². The first-order chi connectivity index (χ1) is 14.1. The Kier molecular flexibility index (Phi) is 4.15. The minimum atomic E-state index is -0.265. The van der Waals surface area contributed by atoms with Crippen molar-refractivity contribution >= 4 is 29.1 Å². The van der Waals surface area contributed by atoms with Gasteiger partial charge in [-0.1, -0.05) is 6.07 Å². The highest BCUT2D eigenvalue weighted by atomic mass is 16.5.